The number of hydrogen-bond donors (Lipinski definition) is 4. The van der Waals surface area contributed by atoms with Gasteiger partial charge < -0.3 is 20.6 Å². The molecule has 0 fully saturated rings. The Morgan fingerprint density at radius 2 is 1.94 bits per heavy atom. The summed E-state index contributed by atoms with van der Waals surface area (Å²) in [5, 5.41) is 31.5. The second-order valence-electron chi connectivity index (χ2n) is 3.92. The fourth-order valence-electron chi connectivity index (χ4n) is 1.28. The molecule has 0 aromatic heterocycles. The van der Waals surface area contributed by atoms with Crippen LogP contribution in [0.15, 0.2) is 12.1 Å². The van der Waals surface area contributed by atoms with Crippen molar-refractivity contribution in [2.45, 2.75) is 26.0 Å². The minimum Gasteiger partial charge on any atom is -0.504 e. The molecule has 4 N–H and O–H groups in total. The van der Waals surface area contributed by atoms with Gasteiger partial charge in [0.1, 0.15) is 0 Å². The lowest BCUT2D eigenvalue weighted by Crippen LogP contribution is -2.28. The highest BCUT2D eigenvalue weighted by Gasteiger charge is 2.16. The Morgan fingerprint density at radius 1 is 1.31 bits per heavy atom. The van der Waals surface area contributed by atoms with Gasteiger partial charge in [-0.05, 0) is 6.07 Å². The number of rotatable bonds is 4. The Morgan fingerprint density at radius 3 is 2.50 bits per heavy atom. The van der Waals surface area contributed by atoms with Crippen LogP contribution < -0.4 is 5.32 Å². The first-order valence-corrected chi connectivity index (χ1v) is 5.43. The molecule has 0 aliphatic heterocycles. The lowest BCUT2D eigenvalue weighted by Gasteiger charge is -2.16. The van der Waals surface area contributed by atoms with Crippen LogP contribution in [0.25, 0.3) is 0 Å². The zero-order chi connectivity index (χ0) is 12.3. The van der Waals surface area contributed by atoms with Gasteiger partial charge in [-0.2, -0.15) is 0 Å². The van der Waals surface area contributed by atoms with Crippen molar-refractivity contribution in [3.8, 4) is 11.5 Å². The normalized spacial score (nSPS) is 13.1. The van der Waals surface area contributed by atoms with Gasteiger partial charge in [0.25, 0.3) is 0 Å². The van der Waals surface area contributed by atoms with E-state index < -0.39 is 11.9 Å². The molecule has 0 aliphatic rings. The molecule has 0 spiro atoms. The van der Waals surface area contributed by atoms with Crippen molar-refractivity contribution >= 4 is 11.6 Å². The third-order valence-electron chi connectivity index (χ3n) is 2.20. The number of aliphatic hydroxyl groups excluding tert-OH is 1. The van der Waals surface area contributed by atoms with Crippen LogP contribution in [0.3, 0.4) is 0 Å². The Balaban J connectivity index is 2.84. The summed E-state index contributed by atoms with van der Waals surface area (Å²) >= 11 is 5.81. The molecular weight excluding hydrogens is 230 g/mol. The van der Waals surface area contributed by atoms with E-state index in [1.807, 2.05) is 13.8 Å². The second-order valence-corrected chi connectivity index (χ2v) is 4.29. The molecule has 5 heteroatoms. The van der Waals surface area contributed by atoms with Gasteiger partial charge in [0.2, 0.25) is 0 Å². The quantitative estimate of drug-likeness (QED) is 0.611. The summed E-state index contributed by atoms with van der Waals surface area (Å²) in [5.41, 5.74) is 0.394. The van der Waals surface area contributed by atoms with Crippen molar-refractivity contribution in [1.82, 2.24) is 5.32 Å². The van der Waals surface area contributed by atoms with Gasteiger partial charge in [0.05, 0.1) is 11.1 Å². The molecule has 1 aromatic rings. The van der Waals surface area contributed by atoms with Crippen LogP contribution in [0.1, 0.15) is 25.5 Å². The fraction of sp³-hybridized carbons (Fsp3) is 0.455. The predicted molar refractivity (Wildman–Crippen MR) is 62.9 cm³/mol. The molecule has 0 saturated heterocycles. The van der Waals surface area contributed by atoms with Crippen LogP contribution in [0.2, 0.25) is 5.02 Å². The van der Waals surface area contributed by atoms with Crippen LogP contribution in [0.4, 0.5) is 0 Å². The van der Waals surface area contributed by atoms with Crippen molar-refractivity contribution in [1.29, 1.82) is 0 Å². The van der Waals surface area contributed by atoms with E-state index >= 15 is 0 Å². The van der Waals surface area contributed by atoms with Gasteiger partial charge in [0.15, 0.2) is 11.5 Å². The van der Waals surface area contributed by atoms with E-state index in [2.05, 4.69) is 5.32 Å². The Labute approximate surface area is 99.5 Å². The number of phenols is 2. The molecule has 1 rings (SSSR count). The molecular formula is C11H16ClNO3. The highest BCUT2D eigenvalue weighted by Crippen LogP contribution is 2.37. The lowest BCUT2D eigenvalue weighted by molar-refractivity contribution is 0.171. The highest BCUT2D eigenvalue weighted by atomic mass is 35.5. The molecule has 0 heterocycles. The summed E-state index contributed by atoms with van der Waals surface area (Å²) in [5.74, 6) is -0.694. The first-order chi connectivity index (χ1) is 7.43. The van der Waals surface area contributed by atoms with E-state index in [9.17, 15) is 15.3 Å². The van der Waals surface area contributed by atoms with Gasteiger partial charge >= 0.3 is 0 Å². The molecule has 1 aromatic carbocycles. The molecule has 0 amide bonds. The number of nitrogens with one attached hydrogen (secondary N) is 1. The monoisotopic (exact) mass is 245 g/mol. The van der Waals surface area contributed by atoms with Crippen LogP contribution in [-0.2, 0) is 0 Å². The predicted octanol–water partition coefficient (Wildman–Crippen LogP) is 1.78. The Kier molecular flexibility index (Phi) is 4.41. The minimum absolute atomic E-state index is 0.0157. The average Bonchev–Trinajstić information content (AvgIpc) is 2.23. The number of aromatic hydroxyl groups is 2. The summed E-state index contributed by atoms with van der Waals surface area (Å²) in [7, 11) is 0. The Hall–Kier alpha value is -0.970. The number of phenolic OH excluding ortho intramolecular Hbond substituents is 2. The standard InChI is InChI=1S/C11H16ClNO3/c1-6(2)13-5-9(15)7-3-4-8(14)11(16)10(7)12/h3-4,6,9,13-16H,5H2,1-2H3. The number of hydrogen-bond acceptors (Lipinski definition) is 4. The van der Waals surface area contributed by atoms with Crippen LogP contribution in [0, 0.1) is 0 Å². The van der Waals surface area contributed by atoms with E-state index in [0.717, 1.165) is 0 Å². The van der Waals surface area contributed by atoms with Crippen molar-refractivity contribution in [2.24, 2.45) is 0 Å². The molecule has 90 valence electrons. The summed E-state index contributed by atoms with van der Waals surface area (Å²) in [4.78, 5) is 0. The summed E-state index contributed by atoms with van der Waals surface area (Å²) in [6.45, 7) is 4.26. The van der Waals surface area contributed by atoms with Crippen LogP contribution in [0.5, 0.6) is 11.5 Å². The largest absolute Gasteiger partial charge is 0.504 e. The SMILES string of the molecule is CC(C)NCC(O)c1ccc(O)c(O)c1Cl. The van der Waals surface area contributed by atoms with Gasteiger partial charge in [0, 0.05) is 18.2 Å². The van der Waals surface area contributed by atoms with Crippen molar-refractivity contribution < 1.29 is 15.3 Å². The number of benzene rings is 1. The summed E-state index contributed by atoms with van der Waals surface area (Å²) < 4.78 is 0. The molecule has 1 atom stereocenters. The molecule has 1 unspecified atom stereocenters. The second kappa shape index (κ2) is 5.39. The lowest BCUT2D eigenvalue weighted by atomic mass is 10.1. The fourth-order valence-corrected chi connectivity index (χ4v) is 1.57. The van der Waals surface area contributed by atoms with Gasteiger partial charge in [-0.25, -0.2) is 0 Å². The van der Waals surface area contributed by atoms with Crippen molar-refractivity contribution in [3.63, 3.8) is 0 Å². The van der Waals surface area contributed by atoms with E-state index in [-0.39, 0.29) is 16.8 Å². The smallest absolute Gasteiger partial charge is 0.176 e. The third kappa shape index (κ3) is 3.01. The van der Waals surface area contributed by atoms with E-state index in [0.29, 0.717) is 12.1 Å². The topological polar surface area (TPSA) is 72.7 Å². The van der Waals surface area contributed by atoms with E-state index in [1.54, 1.807) is 0 Å². The maximum absolute atomic E-state index is 9.83. The highest BCUT2D eigenvalue weighted by molar-refractivity contribution is 6.33. The molecule has 0 radical (unpaired) electrons. The number of halogens is 1. The zero-order valence-corrected chi connectivity index (χ0v) is 9.99. The molecule has 16 heavy (non-hydrogen) atoms. The molecule has 0 saturated carbocycles. The van der Waals surface area contributed by atoms with Gasteiger partial charge in [-0.3, -0.25) is 0 Å². The average molecular weight is 246 g/mol. The maximum atomic E-state index is 9.83. The molecule has 0 aliphatic carbocycles. The third-order valence-corrected chi connectivity index (χ3v) is 2.60. The summed E-state index contributed by atoms with van der Waals surface area (Å²) in [6.07, 6.45) is -0.818. The molecule has 0 bridgehead atoms. The first-order valence-electron chi connectivity index (χ1n) is 5.05. The van der Waals surface area contributed by atoms with Gasteiger partial charge in [-0.1, -0.05) is 31.5 Å². The summed E-state index contributed by atoms with van der Waals surface area (Å²) in [6, 6.07) is 3.04. The first kappa shape index (κ1) is 13.1. The minimum atomic E-state index is -0.818. The van der Waals surface area contributed by atoms with E-state index in [4.69, 9.17) is 11.6 Å². The van der Waals surface area contributed by atoms with Crippen LogP contribution >= 0.6 is 11.6 Å². The molecule has 4 nitrogen and oxygen atoms in total. The Bertz CT molecular complexity index is 368. The number of aliphatic hydroxyl groups is 1. The van der Waals surface area contributed by atoms with Crippen molar-refractivity contribution in [2.75, 3.05) is 6.54 Å². The van der Waals surface area contributed by atoms with Crippen molar-refractivity contribution in [3.05, 3.63) is 22.7 Å². The van der Waals surface area contributed by atoms with Crippen LogP contribution in [-0.4, -0.2) is 27.9 Å². The zero-order valence-electron chi connectivity index (χ0n) is 9.24. The van der Waals surface area contributed by atoms with Gasteiger partial charge in [-0.15, -0.1) is 0 Å². The van der Waals surface area contributed by atoms with E-state index in [1.165, 1.54) is 12.1 Å². The maximum Gasteiger partial charge on any atom is 0.176 e.